The van der Waals surface area contributed by atoms with E-state index in [1.807, 2.05) is 0 Å². The zero-order chi connectivity index (χ0) is 16.6. The van der Waals surface area contributed by atoms with E-state index in [2.05, 4.69) is 71.9 Å². The van der Waals surface area contributed by atoms with Crippen LogP contribution < -0.4 is 10.4 Å². The molecule has 2 aromatic carbocycles. The van der Waals surface area contributed by atoms with Crippen LogP contribution in [0, 0.1) is 0 Å². The quantitative estimate of drug-likeness (QED) is 0.586. The second-order valence-electron chi connectivity index (χ2n) is 7.01. The molecule has 24 heavy (non-hydrogen) atoms. The molecule has 0 radical (unpaired) electrons. The third kappa shape index (κ3) is 2.98. The molecule has 2 nitrogen and oxygen atoms in total. The van der Waals surface area contributed by atoms with Crippen molar-refractivity contribution in [2.24, 2.45) is 0 Å². The molecule has 2 aliphatic rings. The highest BCUT2D eigenvalue weighted by Crippen LogP contribution is 2.59. The van der Waals surface area contributed by atoms with Gasteiger partial charge < -0.3 is 4.52 Å². The first-order valence-corrected chi connectivity index (χ1v) is 13.5. The molecule has 126 valence electrons. The number of hydrogen-bond acceptors (Lipinski definition) is 2. The zero-order valence-electron chi connectivity index (χ0n) is 13.9. The molecule has 1 unspecified atom stereocenters. The highest BCUT2D eigenvalue weighted by atomic mass is 35.7. The normalized spacial score (nSPS) is 27.3. The van der Waals surface area contributed by atoms with Crippen molar-refractivity contribution in [3.05, 3.63) is 60.7 Å². The summed E-state index contributed by atoms with van der Waals surface area (Å²) in [5.41, 5.74) is 0. The van der Waals surface area contributed by atoms with Crippen LogP contribution in [-0.4, -0.2) is 31.4 Å². The molecule has 0 aliphatic carbocycles. The molecule has 0 aromatic heterocycles. The molecule has 0 bridgehead atoms. The van der Waals surface area contributed by atoms with Gasteiger partial charge in [-0.05, 0) is 30.1 Å². The minimum Gasteiger partial charge on any atom is -0.327 e. The standard InChI is InChI=1S/C19H23ClNOPSi/c1-24(16-9-4-2-5-10-16,17-11-6-3-7-12-17)15-19-18-13-8-14-21(18)23(20)22-19/h2-7,9-12,18-19H,8,13-15H2,1H3/t18-,19+,23?/m0/s1. The van der Waals surface area contributed by atoms with Crippen LogP contribution in [0.5, 0.6) is 0 Å². The smallest absolute Gasteiger partial charge is 0.207 e. The SMILES string of the molecule is C[Si](C[C@H]1OP(Cl)N2CCC[C@@H]12)(c1ccccc1)c1ccccc1. The Morgan fingerprint density at radius 3 is 2.25 bits per heavy atom. The van der Waals surface area contributed by atoms with Gasteiger partial charge in [0.2, 0.25) is 7.65 Å². The number of nitrogens with zero attached hydrogens (tertiary/aromatic N) is 1. The van der Waals surface area contributed by atoms with E-state index in [0.717, 1.165) is 12.6 Å². The zero-order valence-corrected chi connectivity index (χ0v) is 16.6. The first kappa shape index (κ1) is 16.7. The summed E-state index contributed by atoms with van der Waals surface area (Å²) in [7, 11) is -2.76. The molecule has 2 saturated heterocycles. The first-order valence-electron chi connectivity index (χ1n) is 8.69. The molecule has 2 aliphatic heterocycles. The average Bonchev–Trinajstić information content (AvgIpc) is 3.22. The molecule has 2 aromatic rings. The summed E-state index contributed by atoms with van der Waals surface area (Å²) in [6.07, 6.45) is 2.75. The van der Waals surface area contributed by atoms with Crippen LogP contribution in [0.2, 0.25) is 12.6 Å². The van der Waals surface area contributed by atoms with Gasteiger partial charge in [-0.3, -0.25) is 0 Å². The van der Waals surface area contributed by atoms with E-state index in [-0.39, 0.29) is 6.10 Å². The van der Waals surface area contributed by atoms with Crippen molar-refractivity contribution < 1.29 is 4.52 Å². The van der Waals surface area contributed by atoms with Crippen molar-refractivity contribution in [3.8, 4) is 0 Å². The van der Waals surface area contributed by atoms with Gasteiger partial charge in [0.15, 0.2) is 0 Å². The maximum Gasteiger partial charge on any atom is 0.207 e. The number of halogens is 1. The molecular formula is C19H23ClNOPSi. The van der Waals surface area contributed by atoms with Gasteiger partial charge in [0.05, 0.1) is 6.10 Å². The van der Waals surface area contributed by atoms with Crippen molar-refractivity contribution in [1.82, 2.24) is 4.67 Å². The lowest BCUT2D eigenvalue weighted by atomic mass is 10.1. The predicted molar refractivity (Wildman–Crippen MR) is 106 cm³/mol. The van der Waals surface area contributed by atoms with Crippen LogP contribution in [0.1, 0.15) is 12.8 Å². The summed E-state index contributed by atoms with van der Waals surface area (Å²) in [4.78, 5) is 0. The summed E-state index contributed by atoms with van der Waals surface area (Å²) in [5, 5.41) is 2.96. The first-order chi connectivity index (χ1) is 11.7. The van der Waals surface area contributed by atoms with Gasteiger partial charge in [0.25, 0.3) is 0 Å². The van der Waals surface area contributed by atoms with Crippen molar-refractivity contribution in [2.75, 3.05) is 6.54 Å². The third-order valence-corrected chi connectivity index (χ3v) is 12.2. The Morgan fingerprint density at radius 1 is 1.08 bits per heavy atom. The van der Waals surface area contributed by atoms with Crippen LogP contribution in [0.15, 0.2) is 60.7 Å². The molecule has 5 heteroatoms. The molecule has 0 N–H and O–H groups in total. The van der Waals surface area contributed by atoms with Gasteiger partial charge in [-0.2, -0.15) is 0 Å². The second-order valence-corrected chi connectivity index (χ2v) is 13.3. The molecule has 2 fully saturated rings. The minimum absolute atomic E-state index is 0.271. The maximum absolute atomic E-state index is 6.51. The van der Waals surface area contributed by atoms with Gasteiger partial charge in [0, 0.05) is 12.6 Å². The Bertz CT molecular complexity index is 647. The Morgan fingerprint density at radius 2 is 1.67 bits per heavy atom. The summed E-state index contributed by atoms with van der Waals surface area (Å²) in [6, 6.07) is 23.7. The van der Waals surface area contributed by atoms with E-state index in [1.54, 1.807) is 0 Å². The highest BCUT2D eigenvalue weighted by Gasteiger charge is 2.48. The Hall–Kier alpha value is -0.703. The van der Waals surface area contributed by atoms with Gasteiger partial charge in [-0.1, -0.05) is 77.6 Å². The van der Waals surface area contributed by atoms with E-state index in [9.17, 15) is 0 Å². The molecule has 2 heterocycles. The predicted octanol–water partition coefficient (Wildman–Crippen LogP) is 4.21. The summed E-state index contributed by atoms with van der Waals surface area (Å²) >= 11 is 6.51. The average molecular weight is 376 g/mol. The fourth-order valence-corrected chi connectivity index (χ4v) is 10.4. The van der Waals surface area contributed by atoms with E-state index in [4.69, 9.17) is 15.8 Å². The highest BCUT2D eigenvalue weighted by molar-refractivity contribution is 7.78. The van der Waals surface area contributed by atoms with Crippen LogP contribution in [-0.2, 0) is 4.52 Å². The molecule has 0 amide bonds. The van der Waals surface area contributed by atoms with E-state index in [1.165, 1.54) is 23.2 Å². The minimum atomic E-state index is -1.86. The molecule has 0 spiro atoms. The molecule has 3 atom stereocenters. The topological polar surface area (TPSA) is 12.5 Å². The Kier molecular flexibility index (Phi) is 4.81. The van der Waals surface area contributed by atoms with E-state index in [0.29, 0.717) is 6.04 Å². The van der Waals surface area contributed by atoms with Gasteiger partial charge in [0.1, 0.15) is 8.07 Å². The third-order valence-electron chi connectivity index (χ3n) is 5.55. The fourth-order valence-electron chi connectivity index (χ4n) is 4.18. The van der Waals surface area contributed by atoms with Crippen molar-refractivity contribution >= 4 is 37.3 Å². The molecule has 4 rings (SSSR count). The van der Waals surface area contributed by atoms with Crippen LogP contribution in [0.25, 0.3) is 0 Å². The van der Waals surface area contributed by atoms with Crippen LogP contribution in [0.4, 0.5) is 0 Å². The van der Waals surface area contributed by atoms with Gasteiger partial charge >= 0.3 is 0 Å². The number of fused-ring (bicyclic) bond motifs is 1. The number of hydrogen-bond donors (Lipinski definition) is 0. The van der Waals surface area contributed by atoms with Crippen molar-refractivity contribution in [2.45, 2.75) is 37.6 Å². The van der Waals surface area contributed by atoms with Gasteiger partial charge in [-0.15, -0.1) is 0 Å². The Labute approximate surface area is 151 Å². The molecule has 0 saturated carbocycles. The Balaban J connectivity index is 1.69. The lowest BCUT2D eigenvalue weighted by Crippen LogP contribution is -2.58. The van der Waals surface area contributed by atoms with Crippen LogP contribution >= 0.6 is 18.9 Å². The summed E-state index contributed by atoms with van der Waals surface area (Å²) in [5.74, 6) is 0. The van der Waals surface area contributed by atoms with Crippen molar-refractivity contribution in [3.63, 3.8) is 0 Å². The second kappa shape index (κ2) is 6.90. The fraction of sp³-hybridized carbons (Fsp3) is 0.368. The monoisotopic (exact) mass is 375 g/mol. The molecular weight excluding hydrogens is 353 g/mol. The lowest BCUT2D eigenvalue weighted by Gasteiger charge is -2.32. The van der Waals surface area contributed by atoms with Gasteiger partial charge in [-0.25, -0.2) is 4.67 Å². The number of benzene rings is 2. The lowest BCUT2D eigenvalue weighted by molar-refractivity contribution is 0.231. The van der Waals surface area contributed by atoms with E-state index >= 15 is 0 Å². The number of rotatable bonds is 4. The summed E-state index contributed by atoms with van der Waals surface area (Å²) < 4.78 is 8.67. The summed E-state index contributed by atoms with van der Waals surface area (Å²) in [6.45, 7) is 3.58. The van der Waals surface area contributed by atoms with Crippen molar-refractivity contribution in [1.29, 1.82) is 0 Å². The van der Waals surface area contributed by atoms with Crippen LogP contribution in [0.3, 0.4) is 0 Å². The van der Waals surface area contributed by atoms with E-state index < -0.39 is 15.7 Å². The maximum atomic E-state index is 6.51. The largest absolute Gasteiger partial charge is 0.327 e.